The lowest BCUT2D eigenvalue weighted by atomic mass is 9.76. The molecule has 15 heavy (non-hydrogen) atoms. The highest BCUT2D eigenvalue weighted by atomic mass is 14.3. The molecule has 0 radical (unpaired) electrons. The maximum Gasteiger partial charge on any atom is -0.0134 e. The summed E-state index contributed by atoms with van der Waals surface area (Å²) in [5.74, 6) is 1.40. The van der Waals surface area contributed by atoms with Gasteiger partial charge in [0.25, 0.3) is 0 Å². The van der Waals surface area contributed by atoms with Crippen LogP contribution >= 0.6 is 0 Å². The lowest BCUT2D eigenvalue weighted by molar-refractivity contribution is 0.301. The van der Waals surface area contributed by atoms with Crippen LogP contribution in [0, 0.1) is 11.3 Å². The summed E-state index contributed by atoms with van der Waals surface area (Å²) in [4.78, 5) is 0. The second kappa shape index (κ2) is 4.83. The fourth-order valence-electron chi connectivity index (χ4n) is 2.10. The van der Waals surface area contributed by atoms with E-state index < -0.39 is 0 Å². The van der Waals surface area contributed by atoms with Crippen LogP contribution in [0.3, 0.4) is 0 Å². The van der Waals surface area contributed by atoms with E-state index in [2.05, 4.69) is 65.0 Å². The lowest BCUT2D eigenvalue weighted by Crippen LogP contribution is -2.16. The van der Waals surface area contributed by atoms with Crippen molar-refractivity contribution in [3.05, 3.63) is 35.9 Å². The van der Waals surface area contributed by atoms with E-state index in [9.17, 15) is 0 Å². The van der Waals surface area contributed by atoms with Gasteiger partial charge in [0.2, 0.25) is 0 Å². The molecule has 84 valence electrons. The first-order valence-electron chi connectivity index (χ1n) is 5.95. The first-order valence-corrected chi connectivity index (χ1v) is 5.95. The monoisotopic (exact) mass is 204 g/mol. The van der Waals surface area contributed by atoms with Crippen LogP contribution in [0.4, 0.5) is 0 Å². The van der Waals surface area contributed by atoms with E-state index in [4.69, 9.17) is 0 Å². The highest BCUT2D eigenvalue weighted by Crippen LogP contribution is 2.35. The van der Waals surface area contributed by atoms with Crippen LogP contribution in [0.1, 0.15) is 52.5 Å². The normalized spacial score (nSPS) is 14.3. The van der Waals surface area contributed by atoms with E-state index in [1.54, 1.807) is 0 Å². The molecule has 0 spiro atoms. The molecule has 0 aliphatic rings. The molecule has 0 aromatic heterocycles. The average Bonchev–Trinajstić information content (AvgIpc) is 2.14. The summed E-state index contributed by atoms with van der Waals surface area (Å²) in [7, 11) is 0. The Morgan fingerprint density at radius 2 is 1.53 bits per heavy atom. The molecule has 0 saturated heterocycles. The summed E-state index contributed by atoms with van der Waals surface area (Å²) in [6.45, 7) is 11.6. The Kier molecular flexibility index (Phi) is 3.96. The van der Waals surface area contributed by atoms with E-state index >= 15 is 0 Å². The van der Waals surface area contributed by atoms with Gasteiger partial charge in [-0.2, -0.15) is 0 Å². The molecule has 0 N–H and O–H groups in total. The van der Waals surface area contributed by atoms with Crippen LogP contribution in [0.15, 0.2) is 30.3 Å². The highest BCUT2D eigenvalue weighted by molar-refractivity contribution is 5.20. The van der Waals surface area contributed by atoms with Gasteiger partial charge < -0.3 is 0 Å². The summed E-state index contributed by atoms with van der Waals surface area (Å²) < 4.78 is 0. The summed E-state index contributed by atoms with van der Waals surface area (Å²) in [6, 6.07) is 10.9. The number of hydrogen-bond donors (Lipinski definition) is 0. The molecule has 0 aliphatic heterocycles. The Labute approximate surface area is 94.7 Å². The van der Waals surface area contributed by atoms with Crippen LogP contribution < -0.4 is 0 Å². The SMILES string of the molecule is CC(C)C(CC(C)(C)C)c1ccccc1. The number of rotatable bonds is 3. The minimum absolute atomic E-state index is 0.408. The zero-order valence-electron chi connectivity index (χ0n) is 10.7. The molecule has 0 saturated carbocycles. The van der Waals surface area contributed by atoms with Crippen molar-refractivity contribution < 1.29 is 0 Å². The van der Waals surface area contributed by atoms with Gasteiger partial charge in [-0.1, -0.05) is 65.0 Å². The van der Waals surface area contributed by atoms with Gasteiger partial charge >= 0.3 is 0 Å². The van der Waals surface area contributed by atoms with Crippen molar-refractivity contribution in [1.82, 2.24) is 0 Å². The highest BCUT2D eigenvalue weighted by Gasteiger charge is 2.22. The minimum Gasteiger partial charge on any atom is -0.0622 e. The lowest BCUT2D eigenvalue weighted by Gasteiger charge is -2.29. The molecule has 0 nitrogen and oxygen atoms in total. The van der Waals surface area contributed by atoms with Crippen molar-refractivity contribution in [2.75, 3.05) is 0 Å². The van der Waals surface area contributed by atoms with Gasteiger partial charge in [0.1, 0.15) is 0 Å². The molecule has 0 heterocycles. The van der Waals surface area contributed by atoms with E-state index in [0.29, 0.717) is 17.3 Å². The zero-order valence-corrected chi connectivity index (χ0v) is 10.7. The minimum atomic E-state index is 0.408. The summed E-state index contributed by atoms with van der Waals surface area (Å²) in [5.41, 5.74) is 1.90. The van der Waals surface area contributed by atoms with Crippen LogP contribution in [0.25, 0.3) is 0 Å². The molecule has 1 atom stereocenters. The summed E-state index contributed by atoms with van der Waals surface area (Å²) in [5, 5.41) is 0. The van der Waals surface area contributed by atoms with Gasteiger partial charge in [0.05, 0.1) is 0 Å². The Morgan fingerprint density at radius 3 is 1.93 bits per heavy atom. The van der Waals surface area contributed by atoms with Crippen LogP contribution in [0.5, 0.6) is 0 Å². The van der Waals surface area contributed by atoms with Crippen LogP contribution in [0.2, 0.25) is 0 Å². The third-order valence-corrected chi connectivity index (χ3v) is 2.86. The number of hydrogen-bond acceptors (Lipinski definition) is 0. The fraction of sp³-hybridized carbons (Fsp3) is 0.600. The van der Waals surface area contributed by atoms with E-state index in [-0.39, 0.29) is 0 Å². The topological polar surface area (TPSA) is 0 Å². The van der Waals surface area contributed by atoms with Gasteiger partial charge in [-0.25, -0.2) is 0 Å². The van der Waals surface area contributed by atoms with E-state index in [1.165, 1.54) is 12.0 Å². The van der Waals surface area contributed by atoms with Crippen molar-refractivity contribution in [3.8, 4) is 0 Å². The van der Waals surface area contributed by atoms with Gasteiger partial charge in [0.15, 0.2) is 0 Å². The van der Waals surface area contributed by atoms with Crippen molar-refractivity contribution >= 4 is 0 Å². The Hall–Kier alpha value is -0.780. The van der Waals surface area contributed by atoms with Crippen molar-refractivity contribution in [2.45, 2.75) is 47.0 Å². The molecule has 1 aromatic carbocycles. The standard InChI is InChI=1S/C15H24/c1-12(2)14(11-15(3,4)5)13-9-7-6-8-10-13/h6-10,12,14H,11H2,1-5H3. The first kappa shape index (κ1) is 12.3. The van der Waals surface area contributed by atoms with Crippen molar-refractivity contribution in [2.24, 2.45) is 11.3 Å². The fourth-order valence-corrected chi connectivity index (χ4v) is 2.10. The largest absolute Gasteiger partial charge is 0.0622 e. The third kappa shape index (κ3) is 4.07. The molecule has 0 heteroatoms. The zero-order chi connectivity index (χ0) is 11.5. The molecular formula is C15H24. The van der Waals surface area contributed by atoms with Gasteiger partial charge in [0, 0.05) is 0 Å². The average molecular weight is 204 g/mol. The maximum atomic E-state index is 2.32. The molecule has 0 aliphatic carbocycles. The molecule has 0 amide bonds. The van der Waals surface area contributed by atoms with Gasteiger partial charge in [-0.05, 0) is 29.2 Å². The molecule has 0 fully saturated rings. The maximum absolute atomic E-state index is 2.32. The van der Waals surface area contributed by atoms with Crippen LogP contribution in [-0.2, 0) is 0 Å². The first-order chi connectivity index (χ1) is 6.90. The predicted octanol–water partition coefficient (Wildman–Crippen LogP) is 4.86. The molecule has 1 aromatic rings. The Bertz CT molecular complexity index is 277. The Balaban J connectivity index is 2.85. The van der Waals surface area contributed by atoms with Crippen molar-refractivity contribution in [1.29, 1.82) is 0 Å². The second-order valence-electron chi connectivity index (χ2n) is 6.03. The molecule has 1 rings (SSSR count). The molecule has 1 unspecified atom stereocenters. The molecule has 0 bridgehead atoms. The van der Waals surface area contributed by atoms with Crippen molar-refractivity contribution in [3.63, 3.8) is 0 Å². The number of benzene rings is 1. The van der Waals surface area contributed by atoms with E-state index in [0.717, 1.165) is 0 Å². The van der Waals surface area contributed by atoms with Crippen LogP contribution in [-0.4, -0.2) is 0 Å². The van der Waals surface area contributed by atoms with Gasteiger partial charge in [-0.3, -0.25) is 0 Å². The summed E-state index contributed by atoms with van der Waals surface area (Å²) >= 11 is 0. The third-order valence-electron chi connectivity index (χ3n) is 2.86. The second-order valence-corrected chi connectivity index (χ2v) is 6.03. The smallest absolute Gasteiger partial charge is 0.0134 e. The summed E-state index contributed by atoms with van der Waals surface area (Å²) in [6.07, 6.45) is 1.26. The quantitative estimate of drug-likeness (QED) is 0.659. The van der Waals surface area contributed by atoms with E-state index in [1.807, 2.05) is 0 Å². The van der Waals surface area contributed by atoms with Gasteiger partial charge in [-0.15, -0.1) is 0 Å². The molecular weight excluding hydrogens is 180 g/mol. The Morgan fingerprint density at radius 1 is 1.00 bits per heavy atom. The predicted molar refractivity (Wildman–Crippen MR) is 68.1 cm³/mol.